The van der Waals surface area contributed by atoms with E-state index in [1.54, 1.807) is 26.0 Å². The largest absolute Gasteiger partial charge is 0.467 e. The lowest BCUT2D eigenvalue weighted by molar-refractivity contribution is -0.141. The summed E-state index contributed by atoms with van der Waals surface area (Å²) in [6.07, 6.45) is 0. The number of amides is 2. The number of fused-ring (bicyclic) bond motifs is 1. The van der Waals surface area contributed by atoms with E-state index >= 15 is 0 Å². The molecule has 0 saturated heterocycles. The molecule has 1 unspecified atom stereocenters. The summed E-state index contributed by atoms with van der Waals surface area (Å²) in [5.74, 6) is -3.62. The van der Waals surface area contributed by atoms with Gasteiger partial charge in [-0.2, -0.15) is 0 Å². The zero-order chi connectivity index (χ0) is 27.3. The highest BCUT2D eigenvalue weighted by Gasteiger charge is 2.42. The first kappa shape index (κ1) is 28.1. The van der Waals surface area contributed by atoms with Gasteiger partial charge in [-0.15, -0.1) is 0 Å². The van der Waals surface area contributed by atoms with E-state index in [2.05, 4.69) is 15.4 Å². The maximum atomic E-state index is 13.1. The minimum atomic E-state index is -4.03. The van der Waals surface area contributed by atoms with Crippen molar-refractivity contribution in [3.8, 4) is 0 Å². The van der Waals surface area contributed by atoms with Gasteiger partial charge in [-0.05, 0) is 60.4 Å². The standard InChI is InChI=1S/C27H31N2O7P/c1-16-14-20(24(30)28-18(3)21-13-9-11-19-10-7-8-12-22(19)21)15-17(2)23(16)25(31)29-26(27(32)34-4)37(33,35-5)36-6/h7-15,18,26H,1-6H3,(H,28,30)(H,29,31)/t18-,26?/m1/s1. The molecule has 0 aliphatic carbocycles. The Hall–Kier alpha value is -3.52. The Bertz CT molecular complexity index is 1350. The summed E-state index contributed by atoms with van der Waals surface area (Å²) in [5, 5.41) is 7.57. The molecule has 10 heteroatoms. The lowest BCUT2D eigenvalue weighted by Gasteiger charge is -2.24. The molecule has 0 spiro atoms. The van der Waals surface area contributed by atoms with Crippen molar-refractivity contribution in [1.82, 2.24) is 10.6 Å². The number of esters is 1. The number of aryl methyl sites for hydroxylation is 2. The molecule has 0 fully saturated rings. The van der Waals surface area contributed by atoms with Crippen LogP contribution in [0, 0.1) is 13.8 Å². The van der Waals surface area contributed by atoms with Crippen LogP contribution in [0.25, 0.3) is 10.8 Å². The van der Waals surface area contributed by atoms with E-state index in [9.17, 15) is 18.9 Å². The molecule has 2 N–H and O–H groups in total. The van der Waals surface area contributed by atoms with E-state index in [1.807, 2.05) is 49.4 Å². The Kier molecular flexibility index (Phi) is 8.86. The smallest absolute Gasteiger partial charge is 0.363 e. The summed E-state index contributed by atoms with van der Waals surface area (Å²) in [7, 11) is -0.716. The van der Waals surface area contributed by atoms with Gasteiger partial charge in [-0.1, -0.05) is 42.5 Å². The third-order valence-electron chi connectivity index (χ3n) is 6.18. The number of rotatable bonds is 9. The second-order valence-electron chi connectivity index (χ2n) is 8.55. The average Bonchev–Trinajstić information content (AvgIpc) is 2.89. The number of hydrogen-bond acceptors (Lipinski definition) is 7. The first-order chi connectivity index (χ1) is 17.6. The van der Waals surface area contributed by atoms with Gasteiger partial charge in [0.1, 0.15) is 0 Å². The van der Waals surface area contributed by atoms with Crippen molar-refractivity contribution in [2.45, 2.75) is 32.6 Å². The Morgan fingerprint density at radius 1 is 0.838 bits per heavy atom. The van der Waals surface area contributed by atoms with Crippen LogP contribution in [0.5, 0.6) is 0 Å². The Labute approximate surface area is 216 Å². The van der Waals surface area contributed by atoms with Gasteiger partial charge >= 0.3 is 13.6 Å². The quantitative estimate of drug-likeness (QED) is 0.307. The second-order valence-corrected chi connectivity index (χ2v) is 10.9. The zero-order valence-electron chi connectivity index (χ0n) is 21.7. The van der Waals surface area contributed by atoms with Crippen molar-refractivity contribution < 1.29 is 32.7 Å². The van der Waals surface area contributed by atoms with Crippen molar-refractivity contribution >= 4 is 36.2 Å². The molecule has 2 atom stereocenters. The predicted octanol–water partition coefficient (Wildman–Crippen LogP) is 4.66. The van der Waals surface area contributed by atoms with Crippen LogP contribution < -0.4 is 10.6 Å². The first-order valence-corrected chi connectivity index (χ1v) is 13.2. The van der Waals surface area contributed by atoms with Crippen LogP contribution in [-0.4, -0.2) is 44.9 Å². The van der Waals surface area contributed by atoms with Crippen molar-refractivity contribution in [3.63, 3.8) is 0 Å². The Morgan fingerprint density at radius 2 is 1.43 bits per heavy atom. The number of methoxy groups -OCH3 is 1. The van der Waals surface area contributed by atoms with E-state index < -0.39 is 25.3 Å². The van der Waals surface area contributed by atoms with Gasteiger partial charge in [0.25, 0.3) is 11.8 Å². The highest BCUT2D eigenvalue weighted by Crippen LogP contribution is 2.51. The predicted molar refractivity (Wildman–Crippen MR) is 141 cm³/mol. The average molecular weight is 527 g/mol. The van der Waals surface area contributed by atoms with Crippen molar-refractivity contribution in [2.24, 2.45) is 0 Å². The molecule has 0 aliphatic rings. The SMILES string of the molecule is COC(=O)C(NC(=O)c1c(C)cc(C(=O)N[C@H](C)c2cccc3ccccc23)cc1C)P(=O)(OC)OC. The van der Waals surface area contributed by atoms with Gasteiger partial charge in [0.05, 0.1) is 13.2 Å². The number of benzene rings is 3. The minimum absolute atomic E-state index is 0.228. The molecule has 9 nitrogen and oxygen atoms in total. The number of hydrogen-bond donors (Lipinski definition) is 2. The summed E-state index contributed by atoms with van der Waals surface area (Å²) in [6, 6.07) is 16.8. The Balaban J connectivity index is 1.85. The molecule has 2 amide bonds. The summed E-state index contributed by atoms with van der Waals surface area (Å²) < 4.78 is 27.3. The molecule has 0 aliphatic heterocycles. The van der Waals surface area contributed by atoms with Crippen molar-refractivity contribution in [3.05, 3.63) is 82.4 Å². The van der Waals surface area contributed by atoms with E-state index in [4.69, 9.17) is 9.05 Å². The molecule has 0 saturated carbocycles. The lowest BCUT2D eigenvalue weighted by atomic mass is 9.97. The van der Waals surface area contributed by atoms with E-state index in [1.165, 1.54) is 0 Å². The lowest BCUT2D eigenvalue weighted by Crippen LogP contribution is -2.42. The summed E-state index contributed by atoms with van der Waals surface area (Å²) in [4.78, 5) is 38.5. The summed E-state index contributed by atoms with van der Waals surface area (Å²) in [6.45, 7) is 5.26. The van der Waals surface area contributed by atoms with Crippen molar-refractivity contribution in [2.75, 3.05) is 21.3 Å². The normalized spacial score (nSPS) is 13.0. The highest BCUT2D eigenvalue weighted by atomic mass is 31.2. The van der Waals surface area contributed by atoms with Crippen LogP contribution in [-0.2, 0) is 23.1 Å². The maximum Gasteiger partial charge on any atom is 0.363 e. The van der Waals surface area contributed by atoms with Gasteiger partial charge < -0.3 is 24.4 Å². The molecule has 196 valence electrons. The summed E-state index contributed by atoms with van der Waals surface area (Å²) in [5.41, 5.74) is 2.59. The van der Waals surface area contributed by atoms with Gasteiger partial charge in [0.2, 0.25) is 5.78 Å². The molecule has 3 rings (SSSR count). The van der Waals surface area contributed by atoms with E-state index in [0.717, 1.165) is 37.7 Å². The molecule has 37 heavy (non-hydrogen) atoms. The number of carbonyl (C=O) groups excluding carboxylic acids is 3. The van der Waals surface area contributed by atoms with E-state index in [0.29, 0.717) is 16.7 Å². The molecule has 0 radical (unpaired) electrons. The monoisotopic (exact) mass is 526 g/mol. The molecular weight excluding hydrogens is 495 g/mol. The van der Waals surface area contributed by atoms with Crippen LogP contribution in [0.15, 0.2) is 54.6 Å². The van der Waals surface area contributed by atoms with E-state index in [-0.39, 0.29) is 17.5 Å². The highest BCUT2D eigenvalue weighted by molar-refractivity contribution is 7.55. The fourth-order valence-electron chi connectivity index (χ4n) is 4.30. The topological polar surface area (TPSA) is 120 Å². The molecule has 0 bridgehead atoms. The van der Waals surface area contributed by atoms with Gasteiger partial charge in [0.15, 0.2) is 0 Å². The first-order valence-electron chi connectivity index (χ1n) is 11.6. The van der Waals surface area contributed by atoms with Gasteiger partial charge in [-0.25, -0.2) is 4.79 Å². The molecular formula is C27H31N2O7P. The van der Waals surface area contributed by atoms with Crippen molar-refractivity contribution in [1.29, 1.82) is 0 Å². The second kappa shape index (κ2) is 11.7. The number of ether oxygens (including phenoxy) is 1. The number of carbonyl (C=O) groups is 3. The third-order valence-corrected chi connectivity index (χ3v) is 8.17. The maximum absolute atomic E-state index is 13.1. The zero-order valence-corrected chi connectivity index (χ0v) is 22.6. The van der Waals surface area contributed by atoms with Crippen LogP contribution in [0.1, 0.15) is 50.4 Å². The van der Waals surface area contributed by atoms with Gasteiger partial charge in [0, 0.05) is 25.3 Å². The van der Waals surface area contributed by atoms with Crippen LogP contribution >= 0.6 is 7.60 Å². The molecule has 3 aromatic rings. The van der Waals surface area contributed by atoms with Gasteiger partial charge in [-0.3, -0.25) is 14.2 Å². The fraction of sp³-hybridized carbons (Fsp3) is 0.296. The van der Waals surface area contributed by atoms with Crippen LogP contribution in [0.4, 0.5) is 0 Å². The number of nitrogens with one attached hydrogen (secondary N) is 2. The third kappa shape index (κ3) is 5.91. The molecule has 0 heterocycles. The minimum Gasteiger partial charge on any atom is -0.467 e. The summed E-state index contributed by atoms with van der Waals surface area (Å²) >= 11 is 0. The molecule has 0 aromatic heterocycles. The molecule has 3 aromatic carbocycles. The Morgan fingerprint density at radius 3 is 2.03 bits per heavy atom. The van der Waals surface area contributed by atoms with Crippen LogP contribution in [0.2, 0.25) is 0 Å². The van der Waals surface area contributed by atoms with Crippen LogP contribution in [0.3, 0.4) is 0 Å². The fourth-order valence-corrected chi connectivity index (χ4v) is 5.51.